The molecule has 0 unspecified atom stereocenters. The van der Waals surface area contributed by atoms with Crippen molar-refractivity contribution in [1.29, 1.82) is 0 Å². The van der Waals surface area contributed by atoms with Gasteiger partial charge in [0.1, 0.15) is 0 Å². The third-order valence-electron chi connectivity index (χ3n) is 4.19. The fourth-order valence-electron chi connectivity index (χ4n) is 3.35. The second-order valence-corrected chi connectivity index (χ2v) is 5.53. The Morgan fingerprint density at radius 3 is 2.79 bits per heavy atom. The number of fused-ring (bicyclic) bond motifs is 3. The summed E-state index contributed by atoms with van der Waals surface area (Å²) < 4.78 is 0. The zero-order chi connectivity index (χ0) is 13.2. The predicted molar refractivity (Wildman–Crippen MR) is 77.5 cm³/mol. The van der Waals surface area contributed by atoms with Gasteiger partial charge in [-0.2, -0.15) is 0 Å². The van der Waals surface area contributed by atoms with Crippen LogP contribution in [-0.2, 0) is 4.79 Å². The first-order valence-electron chi connectivity index (χ1n) is 7.14. The van der Waals surface area contributed by atoms with E-state index in [4.69, 9.17) is 5.73 Å². The predicted octanol–water partition coefficient (Wildman–Crippen LogP) is 1.74. The number of para-hydroxylation sites is 2. The van der Waals surface area contributed by atoms with Gasteiger partial charge >= 0.3 is 0 Å². The number of hydrogen-bond donors (Lipinski definition) is 1. The maximum Gasteiger partial charge on any atom is 0.236 e. The average Bonchev–Trinajstić information content (AvgIpc) is 2.63. The Kier molecular flexibility index (Phi) is 3.32. The molecular weight excluding hydrogens is 238 g/mol. The first kappa shape index (κ1) is 12.3. The molecule has 1 aromatic carbocycles. The van der Waals surface area contributed by atoms with Crippen molar-refractivity contribution in [2.75, 3.05) is 29.4 Å². The molecule has 1 fully saturated rings. The third kappa shape index (κ3) is 2.39. The van der Waals surface area contributed by atoms with Crippen LogP contribution in [0.5, 0.6) is 0 Å². The van der Waals surface area contributed by atoms with E-state index in [1.165, 1.54) is 31.4 Å². The first-order chi connectivity index (χ1) is 9.25. The number of carbonyl (C=O) groups is 1. The van der Waals surface area contributed by atoms with Gasteiger partial charge in [0, 0.05) is 19.1 Å². The number of amides is 1. The Hall–Kier alpha value is -1.71. The molecule has 1 saturated heterocycles. The van der Waals surface area contributed by atoms with Crippen molar-refractivity contribution >= 4 is 17.3 Å². The first-order valence-corrected chi connectivity index (χ1v) is 7.14. The summed E-state index contributed by atoms with van der Waals surface area (Å²) in [6.07, 6.45) is 5.07. The van der Waals surface area contributed by atoms with Crippen molar-refractivity contribution in [3.63, 3.8) is 0 Å². The van der Waals surface area contributed by atoms with Crippen molar-refractivity contribution in [2.24, 2.45) is 5.73 Å². The number of nitrogens with two attached hydrogens (primary N) is 1. The maximum absolute atomic E-state index is 11.3. The van der Waals surface area contributed by atoms with Crippen molar-refractivity contribution < 1.29 is 4.79 Å². The molecule has 2 aliphatic rings. The van der Waals surface area contributed by atoms with Gasteiger partial charge in [0.2, 0.25) is 5.91 Å². The standard InChI is InChI=1S/C15H21N3O/c16-15(19)11-17-10-12-6-2-1-5-9-18(12)14-8-4-3-7-13(14)17/h3-4,7-8,12H,1-2,5-6,9-11H2,(H2,16,19)/t12-/m1/s1. The summed E-state index contributed by atoms with van der Waals surface area (Å²) in [6, 6.07) is 8.90. The van der Waals surface area contributed by atoms with Gasteiger partial charge in [0.05, 0.1) is 17.9 Å². The van der Waals surface area contributed by atoms with Crippen LogP contribution in [0.3, 0.4) is 0 Å². The van der Waals surface area contributed by atoms with E-state index in [9.17, 15) is 4.79 Å². The smallest absolute Gasteiger partial charge is 0.236 e. The molecule has 1 atom stereocenters. The summed E-state index contributed by atoms with van der Waals surface area (Å²) in [5.74, 6) is -0.253. The molecule has 4 heteroatoms. The van der Waals surface area contributed by atoms with Crippen molar-refractivity contribution in [2.45, 2.75) is 31.7 Å². The Morgan fingerprint density at radius 2 is 2.00 bits per heavy atom. The van der Waals surface area contributed by atoms with Crippen LogP contribution in [0.2, 0.25) is 0 Å². The summed E-state index contributed by atoms with van der Waals surface area (Å²) in [5, 5.41) is 0. The summed E-state index contributed by atoms with van der Waals surface area (Å²) in [5.41, 5.74) is 7.80. The minimum atomic E-state index is -0.253. The molecule has 4 nitrogen and oxygen atoms in total. The average molecular weight is 259 g/mol. The van der Waals surface area contributed by atoms with E-state index in [1.54, 1.807) is 0 Å². The Morgan fingerprint density at radius 1 is 1.21 bits per heavy atom. The summed E-state index contributed by atoms with van der Waals surface area (Å²) in [4.78, 5) is 15.9. The van der Waals surface area contributed by atoms with Crippen LogP contribution in [0.25, 0.3) is 0 Å². The minimum absolute atomic E-state index is 0.253. The molecule has 0 aliphatic carbocycles. The van der Waals surface area contributed by atoms with Gasteiger partial charge in [-0.3, -0.25) is 4.79 Å². The van der Waals surface area contributed by atoms with Crippen LogP contribution in [-0.4, -0.2) is 31.6 Å². The van der Waals surface area contributed by atoms with E-state index in [0.717, 1.165) is 18.8 Å². The lowest BCUT2D eigenvalue weighted by Gasteiger charge is -2.43. The van der Waals surface area contributed by atoms with Crippen LogP contribution in [0.4, 0.5) is 11.4 Å². The molecule has 2 aliphatic heterocycles. The minimum Gasteiger partial charge on any atom is -0.368 e. The number of rotatable bonds is 2. The van der Waals surface area contributed by atoms with E-state index < -0.39 is 0 Å². The molecular formula is C15H21N3O. The quantitative estimate of drug-likeness (QED) is 0.880. The number of anilines is 2. The monoisotopic (exact) mass is 259 g/mol. The summed E-state index contributed by atoms with van der Waals surface area (Å²) >= 11 is 0. The van der Waals surface area contributed by atoms with E-state index >= 15 is 0 Å². The number of nitrogens with zero attached hydrogens (tertiary/aromatic N) is 2. The second kappa shape index (κ2) is 5.11. The number of primary amides is 1. The van der Waals surface area contributed by atoms with Crippen LogP contribution < -0.4 is 15.5 Å². The van der Waals surface area contributed by atoms with Crippen LogP contribution >= 0.6 is 0 Å². The highest BCUT2D eigenvalue weighted by Gasteiger charge is 2.31. The summed E-state index contributed by atoms with van der Waals surface area (Å²) in [6.45, 7) is 2.37. The highest BCUT2D eigenvalue weighted by molar-refractivity contribution is 5.83. The molecule has 0 aromatic heterocycles. The van der Waals surface area contributed by atoms with Crippen LogP contribution in [0.1, 0.15) is 25.7 Å². The second-order valence-electron chi connectivity index (χ2n) is 5.53. The van der Waals surface area contributed by atoms with Crippen LogP contribution in [0, 0.1) is 0 Å². The van der Waals surface area contributed by atoms with E-state index in [0.29, 0.717) is 12.6 Å². The molecule has 0 bridgehead atoms. The van der Waals surface area contributed by atoms with Gasteiger partial charge in [-0.25, -0.2) is 0 Å². The zero-order valence-electron chi connectivity index (χ0n) is 11.2. The zero-order valence-corrected chi connectivity index (χ0v) is 11.2. The maximum atomic E-state index is 11.3. The summed E-state index contributed by atoms with van der Waals surface area (Å²) in [7, 11) is 0. The van der Waals surface area contributed by atoms with Crippen molar-refractivity contribution in [1.82, 2.24) is 0 Å². The van der Waals surface area contributed by atoms with Crippen LogP contribution in [0.15, 0.2) is 24.3 Å². The topological polar surface area (TPSA) is 49.6 Å². The van der Waals surface area contributed by atoms with Gasteiger partial charge in [-0.05, 0) is 25.0 Å². The SMILES string of the molecule is NC(=O)CN1C[C@H]2CCCCCN2c2ccccc21. The fraction of sp³-hybridized carbons (Fsp3) is 0.533. The van der Waals surface area contributed by atoms with E-state index in [1.807, 2.05) is 6.07 Å². The lowest BCUT2D eigenvalue weighted by molar-refractivity contribution is -0.116. The van der Waals surface area contributed by atoms with Gasteiger partial charge in [0.15, 0.2) is 0 Å². The molecule has 2 N–H and O–H groups in total. The highest BCUT2D eigenvalue weighted by Crippen LogP contribution is 2.37. The molecule has 0 spiro atoms. The fourth-order valence-corrected chi connectivity index (χ4v) is 3.35. The number of benzene rings is 1. The third-order valence-corrected chi connectivity index (χ3v) is 4.19. The number of hydrogen-bond acceptors (Lipinski definition) is 3. The molecule has 0 saturated carbocycles. The Bertz CT molecular complexity index is 474. The van der Waals surface area contributed by atoms with Gasteiger partial charge in [-0.1, -0.05) is 25.0 Å². The molecule has 1 amide bonds. The van der Waals surface area contributed by atoms with Gasteiger partial charge in [0.25, 0.3) is 0 Å². The number of carbonyl (C=O) groups excluding carboxylic acids is 1. The lowest BCUT2D eigenvalue weighted by atomic mass is 10.0. The molecule has 3 rings (SSSR count). The van der Waals surface area contributed by atoms with Gasteiger partial charge in [-0.15, -0.1) is 0 Å². The van der Waals surface area contributed by atoms with Crippen molar-refractivity contribution in [3.05, 3.63) is 24.3 Å². The lowest BCUT2D eigenvalue weighted by Crippen LogP contribution is -2.50. The molecule has 2 heterocycles. The molecule has 19 heavy (non-hydrogen) atoms. The Labute approximate surface area is 114 Å². The van der Waals surface area contributed by atoms with E-state index in [2.05, 4.69) is 28.0 Å². The molecule has 0 radical (unpaired) electrons. The van der Waals surface area contributed by atoms with E-state index in [-0.39, 0.29) is 5.91 Å². The highest BCUT2D eigenvalue weighted by atomic mass is 16.1. The van der Waals surface area contributed by atoms with Crippen molar-refractivity contribution in [3.8, 4) is 0 Å². The van der Waals surface area contributed by atoms with Gasteiger partial charge < -0.3 is 15.5 Å². The molecule has 1 aromatic rings. The largest absolute Gasteiger partial charge is 0.368 e. The molecule has 102 valence electrons. The Balaban J connectivity index is 1.96. The normalized spacial score (nSPS) is 22.4.